The van der Waals surface area contributed by atoms with Gasteiger partial charge in [-0.3, -0.25) is 4.79 Å². The minimum atomic E-state index is -0.320. The molecule has 3 nitrogen and oxygen atoms in total. The zero-order valence-corrected chi connectivity index (χ0v) is 10.9. The summed E-state index contributed by atoms with van der Waals surface area (Å²) < 4.78 is 13.5. The van der Waals surface area contributed by atoms with Crippen LogP contribution in [0.15, 0.2) is 24.3 Å². The van der Waals surface area contributed by atoms with Crippen molar-refractivity contribution in [1.29, 1.82) is 0 Å². The summed E-state index contributed by atoms with van der Waals surface area (Å²) >= 11 is 0. The molecule has 1 aromatic carbocycles. The fraction of sp³-hybridized carbons (Fsp3) is 0.500. The van der Waals surface area contributed by atoms with Gasteiger partial charge in [0.15, 0.2) is 0 Å². The van der Waals surface area contributed by atoms with Gasteiger partial charge in [0, 0.05) is 11.5 Å². The predicted molar refractivity (Wildman–Crippen MR) is 70.4 cm³/mol. The van der Waals surface area contributed by atoms with Gasteiger partial charge in [0.2, 0.25) is 5.91 Å². The third-order valence-corrected chi connectivity index (χ3v) is 3.02. The summed E-state index contributed by atoms with van der Waals surface area (Å²) in [6, 6.07) is 6.16. The van der Waals surface area contributed by atoms with Crippen LogP contribution in [-0.4, -0.2) is 12.5 Å². The van der Waals surface area contributed by atoms with Gasteiger partial charge in [0.1, 0.15) is 5.82 Å². The van der Waals surface area contributed by atoms with Gasteiger partial charge in [-0.15, -0.1) is 0 Å². The van der Waals surface area contributed by atoms with Crippen LogP contribution < -0.4 is 11.1 Å². The topological polar surface area (TPSA) is 55.1 Å². The van der Waals surface area contributed by atoms with Crippen molar-refractivity contribution < 1.29 is 9.18 Å². The Morgan fingerprint density at radius 3 is 2.67 bits per heavy atom. The molecular weight excluding hydrogens is 231 g/mol. The average molecular weight is 252 g/mol. The van der Waals surface area contributed by atoms with Crippen molar-refractivity contribution in [3.05, 3.63) is 35.6 Å². The molecule has 0 bridgehead atoms. The van der Waals surface area contributed by atoms with Crippen LogP contribution in [0.1, 0.15) is 38.3 Å². The second-order valence-corrected chi connectivity index (χ2v) is 4.58. The Morgan fingerprint density at radius 2 is 2.06 bits per heavy atom. The van der Waals surface area contributed by atoms with Crippen LogP contribution in [0.2, 0.25) is 0 Å². The van der Waals surface area contributed by atoms with Crippen molar-refractivity contribution in [1.82, 2.24) is 5.32 Å². The molecule has 100 valence electrons. The first kappa shape index (κ1) is 14.6. The minimum absolute atomic E-state index is 0.0563. The number of carbonyl (C=O) groups is 1. The first-order valence-corrected chi connectivity index (χ1v) is 6.31. The lowest BCUT2D eigenvalue weighted by Gasteiger charge is -2.18. The van der Waals surface area contributed by atoms with Crippen molar-refractivity contribution >= 4 is 5.91 Å². The molecule has 0 aliphatic carbocycles. The second kappa shape index (κ2) is 7.11. The second-order valence-electron chi connectivity index (χ2n) is 4.58. The molecule has 3 N–H and O–H groups in total. The summed E-state index contributed by atoms with van der Waals surface area (Å²) in [6.07, 6.45) is 1.58. The Kier molecular flexibility index (Phi) is 5.78. The lowest BCUT2D eigenvalue weighted by Crippen LogP contribution is -2.32. The summed E-state index contributed by atoms with van der Waals surface area (Å²) in [5.74, 6) is -0.443. The molecule has 0 aliphatic heterocycles. The molecule has 2 unspecified atom stereocenters. The van der Waals surface area contributed by atoms with Crippen LogP contribution in [0.4, 0.5) is 4.39 Å². The third-order valence-electron chi connectivity index (χ3n) is 3.02. The maximum Gasteiger partial charge on any atom is 0.223 e. The van der Waals surface area contributed by atoms with E-state index in [2.05, 4.69) is 5.32 Å². The first-order chi connectivity index (χ1) is 8.56. The van der Waals surface area contributed by atoms with Crippen molar-refractivity contribution in [2.24, 2.45) is 11.7 Å². The molecule has 0 saturated carbocycles. The quantitative estimate of drug-likeness (QED) is 0.816. The van der Waals surface area contributed by atoms with Gasteiger partial charge in [0.25, 0.3) is 0 Å². The zero-order chi connectivity index (χ0) is 13.5. The fourth-order valence-electron chi connectivity index (χ4n) is 1.81. The molecule has 0 heterocycles. The lowest BCUT2D eigenvalue weighted by atomic mass is 10.0. The Bertz CT molecular complexity index is 395. The molecule has 2 atom stereocenters. The van der Waals surface area contributed by atoms with E-state index in [9.17, 15) is 9.18 Å². The van der Waals surface area contributed by atoms with E-state index >= 15 is 0 Å². The number of amides is 1. The fourth-order valence-corrected chi connectivity index (χ4v) is 1.81. The van der Waals surface area contributed by atoms with Gasteiger partial charge >= 0.3 is 0 Å². The van der Waals surface area contributed by atoms with Gasteiger partial charge in [-0.1, -0.05) is 25.1 Å². The van der Waals surface area contributed by atoms with E-state index in [1.165, 1.54) is 6.07 Å². The van der Waals surface area contributed by atoms with Crippen LogP contribution in [0.3, 0.4) is 0 Å². The van der Waals surface area contributed by atoms with Crippen LogP contribution in [0.25, 0.3) is 0 Å². The molecule has 0 fully saturated rings. The van der Waals surface area contributed by atoms with Gasteiger partial charge < -0.3 is 11.1 Å². The molecule has 0 spiro atoms. The van der Waals surface area contributed by atoms with Gasteiger partial charge in [-0.2, -0.15) is 0 Å². The molecule has 0 radical (unpaired) electrons. The predicted octanol–water partition coefficient (Wildman–Crippen LogP) is 2.38. The van der Waals surface area contributed by atoms with E-state index in [1.54, 1.807) is 25.1 Å². The normalized spacial score (nSPS) is 14.0. The Hall–Kier alpha value is -1.42. The standard InChI is InChI=1S/C14H21FN2O/c1-10(6-5-9-16)14(18)17-11(2)12-7-3-4-8-13(12)15/h3-4,7-8,10-11H,5-6,9,16H2,1-2H3,(H,17,18). The van der Waals surface area contributed by atoms with E-state index in [1.807, 2.05) is 6.92 Å². The highest BCUT2D eigenvalue weighted by Crippen LogP contribution is 2.17. The van der Waals surface area contributed by atoms with Crippen LogP contribution in [0, 0.1) is 11.7 Å². The number of carbonyl (C=O) groups excluding carboxylic acids is 1. The number of hydrogen-bond donors (Lipinski definition) is 2. The van der Waals surface area contributed by atoms with Crippen LogP contribution in [0.5, 0.6) is 0 Å². The minimum Gasteiger partial charge on any atom is -0.349 e. The number of benzene rings is 1. The molecule has 4 heteroatoms. The van der Waals surface area contributed by atoms with Gasteiger partial charge in [-0.25, -0.2) is 4.39 Å². The van der Waals surface area contributed by atoms with E-state index in [0.29, 0.717) is 12.1 Å². The highest BCUT2D eigenvalue weighted by molar-refractivity contribution is 5.78. The molecule has 0 aliphatic rings. The SMILES string of the molecule is CC(CCCN)C(=O)NC(C)c1ccccc1F. The van der Waals surface area contributed by atoms with Crippen LogP contribution >= 0.6 is 0 Å². The van der Waals surface area contributed by atoms with Crippen molar-refractivity contribution in [2.75, 3.05) is 6.54 Å². The maximum atomic E-state index is 13.5. The Morgan fingerprint density at radius 1 is 1.39 bits per heavy atom. The summed E-state index contributed by atoms with van der Waals surface area (Å²) in [4.78, 5) is 11.9. The summed E-state index contributed by atoms with van der Waals surface area (Å²) in [7, 11) is 0. The molecule has 1 rings (SSSR count). The van der Waals surface area contributed by atoms with E-state index < -0.39 is 0 Å². The molecule has 0 aromatic heterocycles. The monoisotopic (exact) mass is 252 g/mol. The first-order valence-electron chi connectivity index (χ1n) is 6.31. The molecule has 1 aromatic rings. The highest BCUT2D eigenvalue weighted by Gasteiger charge is 2.17. The smallest absolute Gasteiger partial charge is 0.223 e. The summed E-state index contributed by atoms with van der Waals surface area (Å²) in [5.41, 5.74) is 5.92. The van der Waals surface area contributed by atoms with Crippen molar-refractivity contribution in [2.45, 2.75) is 32.7 Å². The summed E-state index contributed by atoms with van der Waals surface area (Å²) in [6.45, 7) is 4.23. The third kappa shape index (κ3) is 4.11. The molecule has 18 heavy (non-hydrogen) atoms. The molecular formula is C14H21FN2O. The highest BCUT2D eigenvalue weighted by atomic mass is 19.1. The van der Waals surface area contributed by atoms with Crippen molar-refractivity contribution in [3.8, 4) is 0 Å². The number of rotatable bonds is 6. The number of hydrogen-bond acceptors (Lipinski definition) is 2. The van der Waals surface area contributed by atoms with Crippen LogP contribution in [-0.2, 0) is 4.79 Å². The van der Waals surface area contributed by atoms with Crippen molar-refractivity contribution in [3.63, 3.8) is 0 Å². The number of nitrogens with one attached hydrogen (secondary N) is 1. The maximum absolute atomic E-state index is 13.5. The van der Waals surface area contributed by atoms with E-state index in [4.69, 9.17) is 5.73 Å². The van der Waals surface area contributed by atoms with Gasteiger partial charge in [0.05, 0.1) is 6.04 Å². The van der Waals surface area contributed by atoms with Gasteiger partial charge in [-0.05, 0) is 32.4 Å². The average Bonchev–Trinajstić information content (AvgIpc) is 2.36. The van der Waals surface area contributed by atoms with E-state index in [-0.39, 0.29) is 23.7 Å². The molecule has 1 amide bonds. The summed E-state index contributed by atoms with van der Waals surface area (Å²) in [5, 5.41) is 2.83. The Labute approximate surface area is 108 Å². The largest absolute Gasteiger partial charge is 0.349 e. The lowest BCUT2D eigenvalue weighted by molar-refractivity contribution is -0.125. The number of nitrogens with two attached hydrogens (primary N) is 1. The molecule has 0 saturated heterocycles. The zero-order valence-electron chi connectivity index (χ0n) is 10.9. The van der Waals surface area contributed by atoms with E-state index in [0.717, 1.165) is 12.8 Å². The number of halogens is 1. The Balaban J connectivity index is 2.57.